The molecule has 0 bridgehead atoms. The molecule has 0 saturated carbocycles. The molecule has 0 radical (unpaired) electrons. The van der Waals surface area contributed by atoms with Crippen LogP contribution in [0.2, 0.25) is 0 Å². The number of benzene rings is 2. The lowest BCUT2D eigenvalue weighted by Gasteiger charge is -2.37. The quantitative estimate of drug-likeness (QED) is 0.267. The predicted octanol–water partition coefficient (Wildman–Crippen LogP) is 4.96. The van der Waals surface area contributed by atoms with Crippen LogP contribution in [-0.4, -0.2) is 95.3 Å². The Hall–Kier alpha value is -3.18. The number of rotatable bonds is 12. The van der Waals surface area contributed by atoms with Gasteiger partial charge in [-0.1, -0.05) is 52.8 Å². The van der Waals surface area contributed by atoms with E-state index in [1.165, 1.54) is 12.7 Å². The molecule has 2 aromatic rings. The second kappa shape index (κ2) is 15.6. The summed E-state index contributed by atoms with van der Waals surface area (Å²) in [5.41, 5.74) is 4.84. The Morgan fingerprint density at radius 2 is 1.48 bits per heavy atom. The van der Waals surface area contributed by atoms with Gasteiger partial charge in [-0.15, -0.1) is 0 Å². The highest BCUT2D eigenvalue weighted by molar-refractivity contribution is 5.76. The van der Waals surface area contributed by atoms with E-state index in [4.69, 9.17) is 14.2 Å². The molecule has 4 rings (SSSR count). The second-order valence-electron chi connectivity index (χ2n) is 15.1. The lowest BCUT2D eigenvalue weighted by Crippen LogP contribution is -2.52. The van der Waals surface area contributed by atoms with E-state index in [-0.39, 0.29) is 17.4 Å². The van der Waals surface area contributed by atoms with E-state index in [0.29, 0.717) is 50.5 Å². The molecule has 3 N–H and O–H groups in total. The Bertz CT molecular complexity index is 1430. The third-order valence-corrected chi connectivity index (χ3v) is 10.1. The van der Waals surface area contributed by atoms with Gasteiger partial charge in [-0.05, 0) is 97.3 Å². The number of likely N-dealkylation sites (tertiary alicyclic amines) is 2. The SMILES string of the molecule is COC(=O)[C@H]1[C@H](O)CCCN1Cc1ccc(C(C)(C)CCOc2cc(C(C)(C)C)cc(OC)c2CN2CCCC(O)C2C(=O)O)c(C)c1. The minimum atomic E-state index is -1.03. The summed E-state index contributed by atoms with van der Waals surface area (Å²) < 4.78 is 17.4. The Labute approximate surface area is 286 Å². The van der Waals surface area contributed by atoms with Gasteiger partial charge in [-0.25, -0.2) is 0 Å². The van der Waals surface area contributed by atoms with E-state index in [0.717, 1.165) is 41.6 Å². The van der Waals surface area contributed by atoms with Crippen LogP contribution in [0.25, 0.3) is 0 Å². The van der Waals surface area contributed by atoms with Gasteiger partial charge in [0.2, 0.25) is 0 Å². The van der Waals surface area contributed by atoms with Crippen LogP contribution in [0.1, 0.15) is 94.5 Å². The van der Waals surface area contributed by atoms with E-state index >= 15 is 0 Å². The third-order valence-electron chi connectivity index (χ3n) is 10.1. The van der Waals surface area contributed by atoms with Gasteiger partial charge in [0.1, 0.15) is 23.6 Å². The first kappa shape index (κ1) is 37.6. The summed E-state index contributed by atoms with van der Waals surface area (Å²) >= 11 is 0. The average Bonchev–Trinajstić information content (AvgIpc) is 3.00. The summed E-state index contributed by atoms with van der Waals surface area (Å²) in [5.74, 6) is -0.131. The molecule has 266 valence electrons. The molecule has 2 fully saturated rings. The van der Waals surface area contributed by atoms with Gasteiger partial charge in [0.05, 0.1) is 38.6 Å². The average molecular weight is 669 g/mol. The van der Waals surface area contributed by atoms with Crippen molar-refractivity contribution in [3.63, 3.8) is 0 Å². The molecule has 2 unspecified atom stereocenters. The van der Waals surface area contributed by atoms with Gasteiger partial charge in [0.25, 0.3) is 0 Å². The van der Waals surface area contributed by atoms with Crippen molar-refractivity contribution < 1.29 is 39.1 Å². The fourth-order valence-electron chi connectivity index (χ4n) is 7.28. The molecule has 48 heavy (non-hydrogen) atoms. The van der Waals surface area contributed by atoms with Gasteiger partial charge in [-0.3, -0.25) is 19.4 Å². The number of carboxylic acids is 1. The van der Waals surface area contributed by atoms with Crippen LogP contribution < -0.4 is 9.47 Å². The number of carbonyl (C=O) groups is 2. The standard InChI is InChI=1S/C38H56N2O8/c1-24-19-25(22-39-16-10-12-30(42)34(39)36(45)47-8)13-14-28(24)38(5,6)15-18-48-32-21-26(37(2,3)4)20-31(46-7)27(32)23-40-17-9-11-29(41)33(40)35(43)44/h13-14,19-21,29-30,33-34,41-42H,9-12,15-18,22-23H2,1-8H3,(H,43,44)/t29?,30-,33?,34-/m1/s1. The van der Waals surface area contributed by atoms with Gasteiger partial charge in [0, 0.05) is 13.1 Å². The van der Waals surface area contributed by atoms with Crippen molar-refractivity contribution in [2.75, 3.05) is 33.9 Å². The molecular weight excluding hydrogens is 612 g/mol. The number of esters is 1. The number of methoxy groups -OCH3 is 2. The lowest BCUT2D eigenvalue weighted by atomic mass is 9.79. The molecule has 2 aliphatic heterocycles. The number of hydrogen-bond donors (Lipinski definition) is 3. The van der Waals surface area contributed by atoms with Crippen LogP contribution in [0.5, 0.6) is 11.5 Å². The first-order valence-corrected chi connectivity index (χ1v) is 17.2. The summed E-state index contributed by atoms with van der Waals surface area (Å²) in [4.78, 5) is 28.4. The highest BCUT2D eigenvalue weighted by Gasteiger charge is 2.38. The van der Waals surface area contributed by atoms with Crippen molar-refractivity contribution in [3.05, 3.63) is 58.1 Å². The predicted molar refractivity (Wildman–Crippen MR) is 185 cm³/mol. The summed E-state index contributed by atoms with van der Waals surface area (Å²) in [6.07, 6.45) is 1.63. The number of piperidine rings is 2. The summed E-state index contributed by atoms with van der Waals surface area (Å²) in [5, 5.41) is 31.0. The van der Waals surface area contributed by atoms with Crippen molar-refractivity contribution in [1.29, 1.82) is 0 Å². The number of hydrogen-bond acceptors (Lipinski definition) is 9. The van der Waals surface area contributed by atoms with Crippen LogP contribution in [0.3, 0.4) is 0 Å². The monoisotopic (exact) mass is 668 g/mol. The van der Waals surface area contributed by atoms with E-state index in [2.05, 4.69) is 59.7 Å². The Balaban J connectivity index is 1.53. The minimum absolute atomic E-state index is 0.171. The number of ether oxygens (including phenoxy) is 3. The van der Waals surface area contributed by atoms with E-state index < -0.39 is 36.2 Å². The van der Waals surface area contributed by atoms with Crippen molar-refractivity contribution in [2.24, 2.45) is 0 Å². The van der Waals surface area contributed by atoms with Crippen LogP contribution in [0.4, 0.5) is 0 Å². The molecule has 0 aromatic heterocycles. The van der Waals surface area contributed by atoms with Crippen LogP contribution >= 0.6 is 0 Å². The van der Waals surface area contributed by atoms with Crippen molar-refractivity contribution >= 4 is 11.9 Å². The number of aryl methyl sites for hydroxylation is 1. The molecule has 0 spiro atoms. The Morgan fingerprint density at radius 1 is 0.875 bits per heavy atom. The number of carboxylic acid groups (broad SMARTS) is 1. The van der Waals surface area contributed by atoms with Crippen LogP contribution in [0.15, 0.2) is 30.3 Å². The largest absolute Gasteiger partial charge is 0.496 e. The Morgan fingerprint density at radius 3 is 2.04 bits per heavy atom. The highest BCUT2D eigenvalue weighted by atomic mass is 16.5. The Kier molecular flexibility index (Phi) is 12.2. The first-order chi connectivity index (χ1) is 22.6. The maximum Gasteiger partial charge on any atom is 0.325 e. The van der Waals surface area contributed by atoms with Gasteiger partial charge in [0.15, 0.2) is 0 Å². The summed E-state index contributed by atoms with van der Waals surface area (Å²) in [6.45, 7) is 15.4. The number of aliphatic carboxylic acids is 1. The molecule has 4 atom stereocenters. The molecule has 2 heterocycles. The van der Waals surface area contributed by atoms with Crippen LogP contribution in [0, 0.1) is 6.92 Å². The van der Waals surface area contributed by atoms with E-state index in [1.807, 2.05) is 21.9 Å². The summed E-state index contributed by atoms with van der Waals surface area (Å²) in [6, 6.07) is 8.81. The lowest BCUT2D eigenvalue weighted by molar-refractivity contribution is -0.154. The number of nitrogens with zero attached hydrogens (tertiary/aromatic N) is 2. The third kappa shape index (κ3) is 8.69. The molecule has 0 aliphatic carbocycles. The van der Waals surface area contributed by atoms with Crippen molar-refractivity contribution in [3.8, 4) is 11.5 Å². The van der Waals surface area contributed by atoms with E-state index in [1.54, 1.807) is 7.11 Å². The van der Waals surface area contributed by atoms with Gasteiger partial charge >= 0.3 is 11.9 Å². The van der Waals surface area contributed by atoms with E-state index in [9.17, 15) is 24.9 Å². The molecule has 0 amide bonds. The molecule has 2 aromatic carbocycles. The normalized spacial score (nSPS) is 22.7. The van der Waals surface area contributed by atoms with Crippen LogP contribution in [-0.2, 0) is 38.2 Å². The van der Waals surface area contributed by atoms with Crippen molar-refractivity contribution in [1.82, 2.24) is 9.80 Å². The molecular formula is C38H56N2O8. The van der Waals surface area contributed by atoms with Gasteiger partial charge in [-0.2, -0.15) is 0 Å². The topological polar surface area (TPSA) is 129 Å². The fourth-order valence-corrected chi connectivity index (χ4v) is 7.28. The zero-order valence-corrected chi connectivity index (χ0v) is 30.0. The maximum absolute atomic E-state index is 12.4. The summed E-state index contributed by atoms with van der Waals surface area (Å²) in [7, 11) is 2.98. The maximum atomic E-state index is 12.4. The minimum Gasteiger partial charge on any atom is -0.496 e. The van der Waals surface area contributed by atoms with Gasteiger partial charge < -0.3 is 29.5 Å². The zero-order chi connectivity index (χ0) is 35.4. The number of carbonyl (C=O) groups excluding carboxylic acids is 1. The number of aliphatic hydroxyl groups excluding tert-OH is 2. The highest BCUT2D eigenvalue weighted by Crippen LogP contribution is 2.39. The fraction of sp³-hybridized carbons (Fsp3) is 0.632. The molecule has 10 nitrogen and oxygen atoms in total. The smallest absolute Gasteiger partial charge is 0.325 e. The second-order valence-corrected chi connectivity index (χ2v) is 15.1. The van der Waals surface area contributed by atoms with Crippen molar-refractivity contribution in [2.45, 2.75) is 122 Å². The first-order valence-electron chi connectivity index (χ1n) is 17.2. The zero-order valence-electron chi connectivity index (χ0n) is 30.0. The molecule has 10 heteroatoms. The number of aliphatic hydroxyl groups is 2. The molecule has 2 saturated heterocycles. The molecule has 2 aliphatic rings.